The van der Waals surface area contributed by atoms with Crippen LogP contribution in [0.3, 0.4) is 0 Å². The van der Waals surface area contributed by atoms with Crippen LogP contribution in [-0.2, 0) is 4.79 Å². The monoisotopic (exact) mass is 269 g/mol. The third-order valence-electron chi connectivity index (χ3n) is 3.04. The van der Waals surface area contributed by atoms with Crippen LogP contribution in [0.5, 0.6) is 5.75 Å². The lowest BCUT2D eigenvalue weighted by Gasteiger charge is -2.09. The summed E-state index contributed by atoms with van der Waals surface area (Å²) in [5.41, 5.74) is 3.10. The number of ether oxygens (including phenoxy) is 1. The van der Waals surface area contributed by atoms with Crippen molar-refractivity contribution in [1.29, 1.82) is 0 Å². The predicted octanol–water partition coefficient (Wildman–Crippen LogP) is 3.71. The fourth-order valence-electron chi connectivity index (χ4n) is 1.82. The van der Waals surface area contributed by atoms with Gasteiger partial charge in [-0.05, 0) is 37.6 Å². The molecule has 3 heteroatoms. The van der Waals surface area contributed by atoms with Crippen LogP contribution in [0.25, 0.3) is 0 Å². The quantitative estimate of drug-likeness (QED) is 0.898. The molecule has 2 rings (SSSR count). The Balaban J connectivity index is 1.78. The number of amides is 1. The number of aryl methyl sites for hydroxylation is 2. The van der Waals surface area contributed by atoms with Crippen LogP contribution >= 0.6 is 0 Å². The standard InChI is InChI=1S/C17H19NO2/c1-13-7-9-15(10-8-13)20-12-11-17(19)18-16-6-4-3-5-14(16)2/h3-10H,11-12H2,1-2H3,(H,18,19). The van der Waals surface area contributed by atoms with E-state index in [0.717, 1.165) is 17.0 Å². The fraction of sp³-hybridized carbons (Fsp3) is 0.235. The Kier molecular flexibility index (Phi) is 4.77. The molecule has 0 radical (unpaired) electrons. The van der Waals surface area contributed by atoms with E-state index in [1.165, 1.54) is 5.56 Å². The maximum absolute atomic E-state index is 11.8. The van der Waals surface area contributed by atoms with E-state index in [2.05, 4.69) is 5.32 Å². The molecule has 0 fully saturated rings. The first kappa shape index (κ1) is 14.1. The number of hydrogen-bond acceptors (Lipinski definition) is 2. The highest BCUT2D eigenvalue weighted by molar-refractivity contribution is 5.91. The van der Waals surface area contributed by atoms with E-state index >= 15 is 0 Å². The van der Waals surface area contributed by atoms with Crippen molar-refractivity contribution in [3.63, 3.8) is 0 Å². The summed E-state index contributed by atoms with van der Waals surface area (Å²) in [6.45, 7) is 4.37. The third-order valence-corrected chi connectivity index (χ3v) is 3.04. The normalized spacial score (nSPS) is 10.1. The van der Waals surface area contributed by atoms with Gasteiger partial charge < -0.3 is 10.1 Å². The van der Waals surface area contributed by atoms with Crippen molar-refractivity contribution >= 4 is 11.6 Å². The zero-order valence-electron chi connectivity index (χ0n) is 11.8. The lowest BCUT2D eigenvalue weighted by Crippen LogP contribution is -2.15. The van der Waals surface area contributed by atoms with Crippen molar-refractivity contribution in [2.75, 3.05) is 11.9 Å². The van der Waals surface area contributed by atoms with Crippen molar-refractivity contribution in [3.8, 4) is 5.75 Å². The molecule has 1 amide bonds. The molecule has 0 aliphatic heterocycles. The van der Waals surface area contributed by atoms with Gasteiger partial charge in [0.1, 0.15) is 5.75 Å². The van der Waals surface area contributed by atoms with Gasteiger partial charge in [0.15, 0.2) is 0 Å². The average molecular weight is 269 g/mol. The number of carbonyl (C=O) groups is 1. The topological polar surface area (TPSA) is 38.3 Å². The van der Waals surface area contributed by atoms with Crippen LogP contribution in [0.4, 0.5) is 5.69 Å². The molecule has 0 saturated heterocycles. The molecule has 0 heterocycles. The Hall–Kier alpha value is -2.29. The van der Waals surface area contributed by atoms with Gasteiger partial charge in [-0.15, -0.1) is 0 Å². The molecular formula is C17H19NO2. The summed E-state index contributed by atoms with van der Waals surface area (Å²) >= 11 is 0. The number of carbonyl (C=O) groups excluding carboxylic acids is 1. The number of anilines is 1. The minimum absolute atomic E-state index is 0.0357. The molecule has 20 heavy (non-hydrogen) atoms. The molecule has 0 bridgehead atoms. The number of hydrogen-bond donors (Lipinski definition) is 1. The van der Waals surface area contributed by atoms with Crippen molar-refractivity contribution in [3.05, 3.63) is 59.7 Å². The molecule has 0 aromatic heterocycles. The largest absolute Gasteiger partial charge is 0.493 e. The highest BCUT2D eigenvalue weighted by Gasteiger charge is 2.04. The van der Waals surface area contributed by atoms with Crippen molar-refractivity contribution in [2.45, 2.75) is 20.3 Å². The van der Waals surface area contributed by atoms with Gasteiger partial charge in [-0.3, -0.25) is 4.79 Å². The molecule has 0 saturated carbocycles. The molecule has 1 N–H and O–H groups in total. The van der Waals surface area contributed by atoms with E-state index in [-0.39, 0.29) is 5.91 Å². The molecule has 104 valence electrons. The lowest BCUT2D eigenvalue weighted by molar-refractivity contribution is -0.116. The fourth-order valence-corrected chi connectivity index (χ4v) is 1.82. The molecule has 2 aromatic rings. The van der Waals surface area contributed by atoms with E-state index in [1.807, 2.05) is 62.4 Å². The van der Waals surface area contributed by atoms with Gasteiger partial charge in [0, 0.05) is 5.69 Å². The van der Waals surface area contributed by atoms with Crippen molar-refractivity contribution in [2.24, 2.45) is 0 Å². The predicted molar refractivity (Wildman–Crippen MR) is 81.1 cm³/mol. The summed E-state index contributed by atoms with van der Waals surface area (Å²) in [5.74, 6) is 0.755. The van der Waals surface area contributed by atoms with Gasteiger partial charge in [-0.25, -0.2) is 0 Å². The van der Waals surface area contributed by atoms with E-state index in [0.29, 0.717) is 13.0 Å². The Morgan fingerprint density at radius 1 is 1.05 bits per heavy atom. The first-order valence-electron chi connectivity index (χ1n) is 6.70. The van der Waals surface area contributed by atoms with Crippen molar-refractivity contribution < 1.29 is 9.53 Å². The second kappa shape index (κ2) is 6.75. The minimum atomic E-state index is -0.0357. The van der Waals surface area contributed by atoms with Gasteiger partial charge in [-0.2, -0.15) is 0 Å². The number of benzene rings is 2. The SMILES string of the molecule is Cc1ccc(OCCC(=O)Nc2ccccc2C)cc1. The van der Waals surface area contributed by atoms with Crippen LogP contribution in [0.1, 0.15) is 17.5 Å². The van der Waals surface area contributed by atoms with Crippen LogP contribution < -0.4 is 10.1 Å². The summed E-state index contributed by atoms with van der Waals surface area (Å²) < 4.78 is 5.54. The minimum Gasteiger partial charge on any atom is -0.493 e. The third kappa shape index (κ3) is 4.12. The van der Waals surface area contributed by atoms with Gasteiger partial charge in [0.25, 0.3) is 0 Å². The maximum atomic E-state index is 11.8. The Labute approximate surface area is 119 Å². The molecule has 0 spiro atoms. The van der Waals surface area contributed by atoms with Crippen LogP contribution in [0.2, 0.25) is 0 Å². The van der Waals surface area contributed by atoms with Gasteiger partial charge in [-0.1, -0.05) is 35.9 Å². The molecular weight excluding hydrogens is 250 g/mol. The summed E-state index contributed by atoms with van der Waals surface area (Å²) in [7, 11) is 0. The van der Waals surface area contributed by atoms with Crippen LogP contribution in [0, 0.1) is 13.8 Å². The van der Waals surface area contributed by atoms with E-state index < -0.39 is 0 Å². The molecule has 2 aromatic carbocycles. The molecule has 0 atom stereocenters. The Bertz CT molecular complexity index is 576. The highest BCUT2D eigenvalue weighted by Crippen LogP contribution is 2.14. The number of rotatable bonds is 5. The summed E-state index contributed by atoms with van der Waals surface area (Å²) in [5, 5.41) is 2.89. The van der Waals surface area contributed by atoms with Crippen LogP contribution in [-0.4, -0.2) is 12.5 Å². The van der Waals surface area contributed by atoms with Gasteiger partial charge in [0.05, 0.1) is 13.0 Å². The molecule has 0 aliphatic carbocycles. The number of nitrogens with one attached hydrogen (secondary N) is 1. The molecule has 3 nitrogen and oxygen atoms in total. The summed E-state index contributed by atoms with van der Waals surface area (Å²) in [4.78, 5) is 11.8. The van der Waals surface area contributed by atoms with Gasteiger partial charge in [0.2, 0.25) is 5.91 Å². The van der Waals surface area contributed by atoms with Gasteiger partial charge >= 0.3 is 0 Å². The number of para-hydroxylation sites is 1. The Morgan fingerprint density at radius 2 is 1.75 bits per heavy atom. The lowest BCUT2D eigenvalue weighted by atomic mass is 10.2. The first-order chi connectivity index (χ1) is 9.65. The maximum Gasteiger partial charge on any atom is 0.227 e. The van der Waals surface area contributed by atoms with E-state index in [9.17, 15) is 4.79 Å². The van der Waals surface area contributed by atoms with E-state index in [1.54, 1.807) is 0 Å². The average Bonchev–Trinajstić information content (AvgIpc) is 2.44. The highest BCUT2D eigenvalue weighted by atomic mass is 16.5. The smallest absolute Gasteiger partial charge is 0.227 e. The summed E-state index contributed by atoms with van der Waals surface area (Å²) in [6, 6.07) is 15.5. The summed E-state index contributed by atoms with van der Waals surface area (Å²) in [6.07, 6.45) is 0.336. The van der Waals surface area contributed by atoms with Crippen LogP contribution in [0.15, 0.2) is 48.5 Å². The van der Waals surface area contributed by atoms with E-state index in [4.69, 9.17) is 4.74 Å². The zero-order valence-corrected chi connectivity index (χ0v) is 11.8. The Morgan fingerprint density at radius 3 is 2.45 bits per heavy atom. The molecule has 0 unspecified atom stereocenters. The zero-order chi connectivity index (χ0) is 14.4. The molecule has 0 aliphatic rings. The first-order valence-corrected chi connectivity index (χ1v) is 6.70. The second-order valence-corrected chi connectivity index (χ2v) is 4.77. The van der Waals surface area contributed by atoms with Crippen molar-refractivity contribution in [1.82, 2.24) is 0 Å². The second-order valence-electron chi connectivity index (χ2n) is 4.77.